The first-order chi connectivity index (χ1) is 7.03. The molecule has 5 heteroatoms. The van der Waals surface area contributed by atoms with Crippen molar-refractivity contribution in [3.05, 3.63) is 29.8 Å². The van der Waals surface area contributed by atoms with Gasteiger partial charge in [-0.2, -0.15) is 0 Å². The summed E-state index contributed by atoms with van der Waals surface area (Å²) in [5.41, 5.74) is 0.225. The van der Waals surface area contributed by atoms with Crippen molar-refractivity contribution >= 4 is 5.78 Å². The van der Waals surface area contributed by atoms with Crippen LogP contribution >= 0.6 is 0 Å². The number of fused-ring (bicyclic) bond motifs is 1. The van der Waals surface area contributed by atoms with E-state index in [1.165, 1.54) is 12.1 Å². The van der Waals surface area contributed by atoms with Crippen LogP contribution in [0.3, 0.4) is 0 Å². The molecule has 0 spiro atoms. The Hall–Kier alpha value is -1.49. The summed E-state index contributed by atoms with van der Waals surface area (Å²) in [6.45, 7) is 0. The molecular weight excluding hydrogens is 206 g/mol. The van der Waals surface area contributed by atoms with Gasteiger partial charge in [0.15, 0.2) is 5.78 Å². The van der Waals surface area contributed by atoms with E-state index in [-0.39, 0.29) is 11.3 Å². The molecule has 15 heavy (non-hydrogen) atoms. The monoisotopic (exact) mass is 214 g/mol. The predicted octanol–water partition coefficient (Wildman–Crippen LogP) is 1.61. The average molecular weight is 214 g/mol. The van der Waals surface area contributed by atoms with E-state index in [1.54, 1.807) is 12.1 Å². The van der Waals surface area contributed by atoms with Crippen LogP contribution in [0.1, 0.15) is 16.8 Å². The molecule has 1 aromatic carbocycles. The van der Waals surface area contributed by atoms with Crippen molar-refractivity contribution in [1.82, 2.24) is 0 Å². The first kappa shape index (κ1) is 10.0. The number of Topliss-reactive ketones (excluding diaryl/α,β-unsaturated/α-hetero) is 1. The zero-order chi connectivity index (χ0) is 11.1. The van der Waals surface area contributed by atoms with Crippen LogP contribution in [0.5, 0.6) is 5.75 Å². The fourth-order valence-electron chi connectivity index (χ4n) is 1.46. The van der Waals surface area contributed by atoms with E-state index in [2.05, 4.69) is 0 Å². The van der Waals surface area contributed by atoms with Gasteiger partial charge in [-0.1, -0.05) is 12.1 Å². The molecule has 0 saturated carbocycles. The fraction of sp³-hybridized carbons (Fsp3) is 0.300. The highest BCUT2D eigenvalue weighted by atomic mass is 19.3. The van der Waals surface area contributed by atoms with Gasteiger partial charge in [0.2, 0.25) is 0 Å². The summed E-state index contributed by atoms with van der Waals surface area (Å²) in [7, 11) is 0. The Morgan fingerprint density at radius 1 is 1.40 bits per heavy atom. The fourth-order valence-corrected chi connectivity index (χ4v) is 1.46. The molecule has 2 rings (SSSR count). The minimum Gasteiger partial charge on any atom is -0.455 e. The highest BCUT2D eigenvalue weighted by Crippen LogP contribution is 2.34. The van der Waals surface area contributed by atoms with Crippen LogP contribution < -0.4 is 4.74 Å². The Kier molecular flexibility index (Phi) is 2.19. The Morgan fingerprint density at radius 2 is 2.07 bits per heavy atom. The number of halogens is 2. The maximum absolute atomic E-state index is 12.4. The van der Waals surface area contributed by atoms with Gasteiger partial charge in [-0.3, -0.25) is 4.79 Å². The molecule has 3 nitrogen and oxygen atoms in total. The van der Waals surface area contributed by atoms with Gasteiger partial charge in [0.1, 0.15) is 5.75 Å². The molecule has 1 aromatic rings. The molecular formula is C10H8F2O3. The lowest BCUT2D eigenvalue weighted by atomic mass is 9.99. The normalized spacial score (nSPS) is 24.9. The summed E-state index contributed by atoms with van der Waals surface area (Å²) >= 11 is 0. The zero-order valence-corrected chi connectivity index (χ0v) is 7.61. The van der Waals surface area contributed by atoms with Crippen LogP contribution in [-0.4, -0.2) is 23.1 Å². The van der Waals surface area contributed by atoms with Gasteiger partial charge in [0.05, 0.1) is 12.0 Å². The maximum Gasteiger partial charge on any atom is 0.302 e. The third-order valence-corrected chi connectivity index (χ3v) is 2.23. The lowest BCUT2D eigenvalue weighted by Crippen LogP contribution is -2.48. The van der Waals surface area contributed by atoms with Crippen molar-refractivity contribution in [2.75, 3.05) is 0 Å². The average Bonchev–Trinajstić information content (AvgIpc) is 2.17. The molecule has 0 unspecified atom stereocenters. The van der Waals surface area contributed by atoms with Crippen molar-refractivity contribution in [3.63, 3.8) is 0 Å². The van der Waals surface area contributed by atoms with E-state index in [9.17, 15) is 18.7 Å². The Balaban J connectivity index is 2.42. The van der Waals surface area contributed by atoms with E-state index in [4.69, 9.17) is 4.74 Å². The summed E-state index contributed by atoms with van der Waals surface area (Å²) in [5.74, 6) is -3.23. The number of ether oxygens (including phenoxy) is 1. The molecule has 0 saturated heterocycles. The molecule has 1 aliphatic heterocycles. The summed E-state index contributed by atoms with van der Waals surface area (Å²) in [6.07, 6.45) is -3.84. The number of alkyl halides is 2. The number of hydrogen-bond acceptors (Lipinski definition) is 3. The second-order valence-electron chi connectivity index (χ2n) is 3.34. The number of carbonyl (C=O) groups excluding carboxylic acids is 1. The SMILES string of the molecule is O=C1C[C@@](O)(C(F)F)Oc2ccccc21. The minimum atomic E-state index is -3.12. The molecule has 0 amide bonds. The number of rotatable bonds is 1. The predicted molar refractivity (Wildman–Crippen MR) is 47.0 cm³/mol. The van der Waals surface area contributed by atoms with Crippen molar-refractivity contribution in [2.45, 2.75) is 18.6 Å². The van der Waals surface area contributed by atoms with Gasteiger partial charge < -0.3 is 9.84 Å². The van der Waals surface area contributed by atoms with Crippen LogP contribution in [0, 0.1) is 0 Å². The molecule has 1 N–H and O–H groups in total. The van der Waals surface area contributed by atoms with Crippen molar-refractivity contribution in [3.8, 4) is 5.75 Å². The van der Waals surface area contributed by atoms with Gasteiger partial charge >= 0.3 is 6.43 Å². The minimum absolute atomic E-state index is 0.00319. The van der Waals surface area contributed by atoms with E-state index in [1.807, 2.05) is 0 Å². The van der Waals surface area contributed by atoms with Gasteiger partial charge in [-0.25, -0.2) is 8.78 Å². The van der Waals surface area contributed by atoms with Crippen LogP contribution in [0.4, 0.5) is 8.78 Å². The second kappa shape index (κ2) is 3.27. The van der Waals surface area contributed by atoms with E-state index >= 15 is 0 Å². The number of benzene rings is 1. The lowest BCUT2D eigenvalue weighted by molar-refractivity contribution is -0.220. The maximum atomic E-state index is 12.4. The van der Waals surface area contributed by atoms with Gasteiger partial charge in [0.25, 0.3) is 5.79 Å². The molecule has 1 aliphatic rings. The molecule has 0 aromatic heterocycles. The largest absolute Gasteiger partial charge is 0.455 e. The first-order valence-electron chi connectivity index (χ1n) is 4.35. The molecule has 1 heterocycles. The van der Waals surface area contributed by atoms with Crippen LogP contribution in [0.2, 0.25) is 0 Å². The van der Waals surface area contributed by atoms with Gasteiger partial charge in [-0.05, 0) is 12.1 Å². The summed E-state index contributed by atoms with van der Waals surface area (Å²) in [5, 5.41) is 9.37. The third-order valence-electron chi connectivity index (χ3n) is 2.23. The van der Waals surface area contributed by atoms with E-state index < -0.39 is 24.4 Å². The van der Waals surface area contributed by atoms with Crippen LogP contribution in [0.15, 0.2) is 24.3 Å². The molecule has 80 valence electrons. The van der Waals surface area contributed by atoms with Gasteiger partial charge in [-0.15, -0.1) is 0 Å². The molecule has 0 aliphatic carbocycles. The number of para-hydroxylation sites is 1. The lowest BCUT2D eigenvalue weighted by Gasteiger charge is -2.32. The van der Waals surface area contributed by atoms with Crippen LogP contribution in [0.25, 0.3) is 0 Å². The Labute approximate surface area is 84.3 Å². The van der Waals surface area contributed by atoms with Crippen molar-refractivity contribution in [1.29, 1.82) is 0 Å². The summed E-state index contributed by atoms with van der Waals surface area (Å²) in [6, 6.07) is 6.00. The second-order valence-corrected chi connectivity index (χ2v) is 3.34. The molecule has 0 radical (unpaired) electrons. The van der Waals surface area contributed by atoms with Crippen LogP contribution in [-0.2, 0) is 0 Å². The smallest absolute Gasteiger partial charge is 0.302 e. The topological polar surface area (TPSA) is 46.5 Å². The molecule has 0 fully saturated rings. The van der Waals surface area contributed by atoms with E-state index in [0.29, 0.717) is 0 Å². The third kappa shape index (κ3) is 1.59. The molecule has 0 bridgehead atoms. The zero-order valence-electron chi connectivity index (χ0n) is 7.61. The number of hydrogen-bond donors (Lipinski definition) is 1. The standard InChI is InChI=1S/C10H8F2O3/c11-9(12)10(14)5-7(13)6-3-1-2-4-8(6)15-10/h1-4,9,14H,5H2/t10-/m0/s1. The van der Waals surface area contributed by atoms with Gasteiger partial charge in [0, 0.05) is 0 Å². The van der Waals surface area contributed by atoms with Crippen molar-refractivity contribution < 1.29 is 23.4 Å². The summed E-state index contributed by atoms with van der Waals surface area (Å²) in [4.78, 5) is 11.4. The number of ketones is 1. The Morgan fingerprint density at radius 3 is 2.73 bits per heavy atom. The van der Waals surface area contributed by atoms with E-state index in [0.717, 1.165) is 0 Å². The first-order valence-corrected chi connectivity index (χ1v) is 4.35. The number of aliphatic hydroxyl groups is 1. The highest BCUT2D eigenvalue weighted by Gasteiger charge is 2.46. The van der Waals surface area contributed by atoms with Crippen molar-refractivity contribution in [2.24, 2.45) is 0 Å². The number of carbonyl (C=O) groups is 1. The molecule has 1 atom stereocenters. The highest BCUT2D eigenvalue weighted by molar-refractivity contribution is 6.00. The quantitative estimate of drug-likeness (QED) is 0.772. The summed E-state index contributed by atoms with van der Waals surface area (Å²) < 4.78 is 29.6. The Bertz CT molecular complexity index is 405.